The molecule has 1 aromatic heterocycles. The van der Waals surface area contributed by atoms with Crippen LogP contribution in [0, 0.1) is 6.92 Å². The molecule has 3 rings (SSSR count). The van der Waals surface area contributed by atoms with Crippen LogP contribution >= 0.6 is 11.8 Å². The van der Waals surface area contributed by atoms with Crippen LogP contribution in [0.3, 0.4) is 0 Å². The van der Waals surface area contributed by atoms with Crippen LogP contribution in [0.15, 0.2) is 52.5 Å². The number of para-hydroxylation sites is 2. The second-order valence-corrected chi connectivity index (χ2v) is 5.52. The van der Waals surface area contributed by atoms with Gasteiger partial charge in [0.25, 0.3) is 0 Å². The summed E-state index contributed by atoms with van der Waals surface area (Å²) in [6.45, 7) is 2.67. The van der Waals surface area contributed by atoms with Gasteiger partial charge in [-0.05, 0) is 42.3 Å². The minimum absolute atomic E-state index is 0.585. The van der Waals surface area contributed by atoms with Gasteiger partial charge in [-0.2, -0.15) is 0 Å². The van der Waals surface area contributed by atoms with Crippen molar-refractivity contribution in [1.82, 2.24) is 9.97 Å². The monoisotopic (exact) mass is 269 g/mol. The second kappa shape index (κ2) is 5.07. The highest BCUT2D eigenvalue weighted by molar-refractivity contribution is 7.99. The molecule has 3 aromatic rings. The Morgan fingerprint density at radius 1 is 1.21 bits per heavy atom. The summed E-state index contributed by atoms with van der Waals surface area (Å²) < 4.78 is 0. The van der Waals surface area contributed by atoms with E-state index >= 15 is 0 Å². The quantitative estimate of drug-likeness (QED) is 0.765. The fraction of sp³-hybridized carbons (Fsp3) is 0.133. The van der Waals surface area contributed by atoms with Crippen LogP contribution in [0.5, 0.6) is 0 Å². The molecule has 0 spiro atoms. The zero-order chi connectivity index (χ0) is 13.2. The summed E-state index contributed by atoms with van der Waals surface area (Å²) in [6.07, 6.45) is 0. The van der Waals surface area contributed by atoms with E-state index in [0.717, 1.165) is 16.2 Å². The number of nitrogens with two attached hydrogens (primary N) is 1. The molecule has 0 bridgehead atoms. The maximum absolute atomic E-state index is 5.68. The molecule has 3 nitrogen and oxygen atoms in total. The van der Waals surface area contributed by atoms with E-state index < -0.39 is 0 Å². The smallest absolute Gasteiger partial charge is 0.171 e. The predicted octanol–water partition coefficient (Wildman–Crippen LogP) is 3.48. The maximum Gasteiger partial charge on any atom is 0.171 e. The molecule has 0 atom stereocenters. The summed E-state index contributed by atoms with van der Waals surface area (Å²) in [7, 11) is 0. The van der Waals surface area contributed by atoms with E-state index in [1.165, 1.54) is 16.0 Å². The van der Waals surface area contributed by atoms with Gasteiger partial charge in [0.1, 0.15) is 0 Å². The molecule has 0 fully saturated rings. The van der Waals surface area contributed by atoms with Crippen LogP contribution in [-0.4, -0.2) is 9.97 Å². The van der Waals surface area contributed by atoms with Crippen molar-refractivity contribution in [1.29, 1.82) is 0 Å². The number of imidazole rings is 1. The second-order valence-electron chi connectivity index (χ2n) is 4.45. The van der Waals surface area contributed by atoms with Crippen molar-refractivity contribution in [2.75, 3.05) is 0 Å². The zero-order valence-corrected chi connectivity index (χ0v) is 11.5. The number of nitrogens with one attached hydrogen (secondary N) is 1. The number of rotatable bonds is 3. The third kappa shape index (κ3) is 2.50. The summed E-state index contributed by atoms with van der Waals surface area (Å²) in [5.41, 5.74) is 10.2. The third-order valence-electron chi connectivity index (χ3n) is 3.12. The van der Waals surface area contributed by atoms with Gasteiger partial charge in [0.05, 0.1) is 11.0 Å². The topological polar surface area (TPSA) is 54.7 Å². The van der Waals surface area contributed by atoms with Crippen LogP contribution in [0.1, 0.15) is 11.1 Å². The predicted molar refractivity (Wildman–Crippen MR) is 79.3 cm³/mol. The molecule has 0 saturated carbocycles. The average Bonchev–Trinajstić information content (AvgIpc) is 2.81. The van der Waals surface area contributed by atoms with Crippen molar-refractivity contribution in [2.24, 2.45) is 5.73 Å². The van der Waals surface area contributed by atoms with E-state index in [4.69, 9.17) is 5.73 Å². The fourth-order valence-electron chi connectivity index (χ4n) is 2.05. The number of benzene rings is 2. The number of nitrogens with zero attached hydrogens (tertiary/aromatic N) is 1. The Hall–Kier alpha value is -1.78. The van der Waals surface area contributed by atoms with Gasteiger partial charge >= 0.3 is 0 Å². The zero-order valence-electron chi connectivity index (χ0n) is 10.7. The Kier molecular flexibility index (Phi) is 3.27. The molecular weight excluding hydrogens is 254 g/mol. The molecule has 0 amide bonds. The number of aromatic amines is 1. The molecule has 0 aliphatic carbocycles. The van der Waals surface area contributed by atoms with Crippen molar-refractivity contribution in [3.05, 3.63) is 53.6 Å². The Morgan fingerprint density at radius 2 is 2.05 bits per heavy atom. The number of fused-ring (bicyclic) bond motifs is 1. The summed E-state index contributed by atoms with van der Waals surface area (Å²) in [6, 6.07) is 14.4. The Bertz CT molecular complexity index is 685. The van der Waals surface area contributed by atoms with E-state index in [1.54, 1.807) is 11.8 Å². The first-order valence-corrected chi connectivity index (χ1v) is 7.00. The Morgan fingerprint density at radius 3 is 2.79 bits per heavy atom. The lowest BCUT2D eigenvalue weighted by molar-refractivity contribution is 1.04. The third-order valence-corrected chi connectivity index (χ3v) is 3.99. The highest BCUT2D eigenvalue weighted by atomic mass is 32.2. The lowest BCUT2D eigenvalue weighted by atomic mass is 10.1. The van der Waals surface area contributed by atoms with Crippen LogP contribution in [0.4, 0.5) is 0 Å². The van der Waals surface area contributed by atoms with Gasteiger partial charge in [-0.25, -0.2) is 4.98 Å². The van der Waals surface area contributed by atoms with Crippen molar-refractivity contribution >= 4 is 22.8 Å². The standard InChI is InChI=1S/C15H15N3S/c1-10-8-12(7-6-11(10)9-16)19-15-17-13-4-2-3-5-14(13)18-15/h2-8H,9,16H2,1H3,(H,17,18). The minimum atomic E-state index is 0.585. The Balaban J connectivity index is 1.90. The number of aromatic nitrogens is 2. The van der Waals surface area contributed by atoms with Crippen molar-refractivity contribution in [3.8, 4) is 0 Å². The average molecular weight is 269 g/mol. The fourth-order valence-corrected chi connectivity index (χ4v) is 2.95. The molecule has 0 saturated heterocycles. The molecule has 1 heterocycles. The molecule has 2 aromatic carbocycles. The van der Waals surface area contributed by atoms with Crippen LogP contribution in [0.2, 0.25) is 0 Å². The van der Waals surface area contributed by atoms with Crippen molar-refractivity contribution in [3.63, 3.8) is 0 Å². The van der Waals surface area contributed by atoms with E-state index in [2.05, 4.69) is 35.1 Å². The number of aryl methyl sites for hydroxylation is 1. The van der Waals surface area contributed by atoms with Gasteiger partial charge < -0.3 is 10.7 Å². The van der Waals surface area contributed by atoms with Crippen molar-refractivity contribution in [2.45, 2.75) is 23.5 Å². The highest BCUT2D eigenvalue weighted by Crippen LogP contribution is 2.28. The van der Waals surface area contributed by atoms with Gasteiger partial charge in [-0.15, -0.1) is 0 Å². The van der Waals surface area contributed by atoms with Gasteiger partial charge in [0.2, 0.25) is 0 Å². The molecule has 0 aliphatic rings. The van der Waals surface area contributed by atoms with Gasteiger partial charge in [-0.1, -0.05) is 30.0 Å². The molecule has 4 heteroatoms. The maximum atomic E-state index is 5.68. The number of H-pyrrole nitrogens is 1. The summed E-state index contributed by atoms with van der Waals surface area (Å²) in [5.74, 6) is 0. The molecular formula is C15H15N3S. The molecule has 0 radical (unpaired) electrons. The van der Waals surface area contributed by atoms with Gasteiger partial charge in [-0.3, -0.25) is 0 Å². The highest BCUT2D eigenvalue weighted by Gasteiger charge is 2.05. The molecule has 3 N–H and O–H groups in total. The van der Waals surface area contributed by atoms with Gasteiger partial charge in [0, 0.05) is 11.4 Å². The van der Waals surface area contributed by atoms with E-state index in [1.807, 2.05) is 24.3 Å². The normalized spacial score (nSPS) is 11.1. The Labute approximate surface area is 116 Å². The van der Waals surface area contributed by atoms with E-state index in [-0.39, 0.29) is 0 Å². The molecule has 0 aliphatic heterocycles. The SMILES string of the molecule is Cc1cc(Sc2nc3ccccc3[nH]2)ccc1CN. The number of hydrogen-bond donors (Lipinski definition) is 2. The largest absolute Gasteiger partial charge is 0.333 e. The van der Waals surface area contributed by atoms with Crippen LogP contribution < -0.4 is 5.73 Å². The van der Waals surface area contributed by atoms with Crippen LogP contribution in [-0.2, 0) is 6.54 Å². The molecule has 0 unspecified atom stereocenters. The van der Waals surface area contributed by atoms with Gasteiger partial charge in [0.15, 0.2) is 5.16 Å². The molecule has 96 valence electrons. The van der Waals surface area contributed by atoms with Crippen LogP contribution in [0.25, 0.3) is 11.0 Å². The lowest BCUT2D eigenvalue weighted by Crippen LogP contribution is -1.98. The summed E-state index contributed by atoms with van der Waals surface area (Å²) >= 11 is 1.64. The van der Waals surface area contributed by atoms with E-state index in [0.29, 0.717) is 6.54 Å². The number of hydrogen-bond acceptors (Lipinski definition) is 3. The molecule has 19 heavy (non-hydrogen) atoms. The first-order valence-electron chi connectivity index (χ1n) is 6.18. The first-order chi connectivity index (χ1) is 9.26. The summed E-state index contributed by atoms with van der Waals surface area (Å²) in [5, 5.41) is 0.918. The van der Waals surface area contributed by atoms with E-state index in [9.17, 15) is 0 Å². The first kappa shape index (κ1) is 12.3. The minimum Gasteiger partial charge on any atom is -0.333 e. The van der Waals surface area contributed by atoms with Crippen molar-refractivity contribution < 1.29 is 0 Å². The lowest BCUT2D eigenvalue weighted by Gasteiger charge is -2.04. The summed E-state index contributed by atoms with van der Waals surface area (Å²) in [4.78, 5) is 9.06.